The van der Waals surface area contributed by atoms with E-state index < -0.39 is 11.9 Å². The molecule has 1 aliphatic carbocycles. The Hall–Kier alpha value is -1.58. The first-order valence-corrected chi connectivity index (χ1v) is 3.93. The van der Waals surface area contributed by atoms with Crippen LogP contribution in [0.3, 0.4) is 0 Å². The molecule has 0 N–H and O–H groups in total. The van der Waals surface area contributed by atoms with Crippen molar-refractivity contribution in [1.29, 1.82) is 0 Å². The van der Waals surface area contributed by atoms with Crippen LogP contribution in [0.2, 0.25) is 0 Å². The van der Waals surface area contributed by atoms with Crippen LogP contribution >= 0.6 is 0 Å². The summed E-state index contributed by atoms with van der Waals surface area (Å²) in [6, 6.07) is 0. The third-order valence-electron chi connectivity index (χ3n) is 1.39. The number of carboxylic acids is 2. The fraction of sp³-hybridized carbons (Fsp3) is 0.333. The molecule has 0 amide bonds. The molecule has 0 fully saturated rings. The standard InChI is InChI=1S/C7H6O4.C2H6/c8-6(9)4-1-2-5(3-4)7(10)11;1-2/h1-2H,3H2,(H,8,9)(H,10,11);1-2H3/p-2. The summed E-state index contributed by atoms with van der Waals surface area (Å²) in [6.07, 6.45) is 2.31. The Morgan fingerprint density at radius 1 is 1.08 bits per heavy atom. The van der Waals surface area contributed by atoms with Crippen molar-refractivity contribution in [2.24, 2.45) is 0 Å². The second-order valence-electron chi connectivity index (χ2n) is 2.14. The summed E-state index contributed by atoms with van der Waals surface area (Å²) < 4.78 is 0. The molecule has 1 rings (SSSR count). The summed E-state index contributed by atoms with van der Waals surface area (Å²) >= 11 is 0. The maximum absolute atomic E-state index is 10.1. The van der Waals surface area contributed by atoms with E-state index in [2.05, 4.69) is 0 Å². The van der Waals surface area contributed by atoms with Crippen molar-refractivity contribution < 1.29 is 19.8 Å². The number of hydrogen-bond donors (Lipinski definition) is 0. The second-order valence-corrected chi connectivity index (χ2v) is 2.14. The molecule has 4 heteroatoms. The molecular weight excluding hydrogens is 172 g/mol. The van der Waals surface area contributed by atoms with E-state index in [9.17, 15) is 19.8 Å². The van der Waals surface area contributed by atoms with Crippen molar-refractivity contribution in [1.82, 2.24) is 0 Å². The van der Waals surface area contributed by atoms with Gasteiger partial charge in [-0.15, -0.1) is 0 Å². The fourth-order valence-electron chi connectivity index (χ4n) is 0.805. The SMILES string of the molecule is CC.O=C([O-])C1=CC=C(C(=O)[O-])C1. The van der Waals surface area contributed by atoms with Crippen LogP contribution in [-0.4, -0.2) is 11.9 Å². The van der Waals surface area contributed by atoms with Crippen molar-refractivity contribution in [3.05, 3.63) is 23.3 Å². The Morgan fingerprint density at radius 3 is 1.54 bits per heavy atom. The highest BCUT2D eigenvalue weighted by atomic mass is 16.4. The van der Waals surface area contributed by atoms with E-state index in [1.165, 1.54) is 12.2 Å². The quantitative estimate of drug-likeness (QED) is 0.535. The zero-order valence-corrected chi connectivity index (χ0v) is 7.49. The van der Waals surface area contributed by atoms with Crippen LogP contribution in [0.4, 0.5) is 0 Å². The summed E-state index contributed by atoms with van der Waals surface area (Å²) in [4.78, 5) is 20.3. The number of carbonyl (C=O) groups is 2. The predicted molar refractivity (Wildman–Crippen MR) is 42.1 cm³/mol. The van der Waals surface area contributed by atoms with Crippen LogP contribution in [-0.2, 0) is 9.59 Å². The van der Waals surface area contributed by atoms with Gasteiger partial charge in [-0.3, -0.25) is 0 Å². The van der Waals surface area contributed by atoms with Gasteiger partial charge in [0.1, 0.15) is 0 Å². The molecule has 13 heavy (non-hydrogen) atoms. The van der Waals surface area contributed by atoms with Gasteiger partial charge in [0.25, 0.3) is 0 Å². The molecule has 72 valence electrons. The van der Waals surface area contributed by atoms with Crippen molar-refractivity contribution in [2.75, 3.05) is 0 Å². The fourth-order valence-corrected chi connectivity index (χ4v) is 0.805. The highest BCUT2D eigenvalue weighted by molar-refractivity contribution is 5.94. The largest absolute Gasteiger partial charge is 0.545 e. The summed E-state index contributed by atoms with van der Waals surface area (Å²) in [7, 11) is 0. The maximum atomic E-state index is 10.1. The summed E-state index contributed by atoms with van der Waals surface area (Å²) in [5.74, 6) is -2.67. The minimum absolute atomic E-state index is 0.0239. The molecule has 0 heterocycles. The van der Waals surface area contributed by atoms with Gasteiger partial charge in [0, 0.05) is 6.42 Å². The van der Waals surface area contributed by atoms with Crippen LogP contribution in [0.15, 0.2) is 23.3 Å². The highest BCUT2D eigenvalue weighted by Crippen LogP contribution is 2.17. The van der Waals surface area contributed by atoms with Crippen molar-refractivity contribution in [3.63, 3.8) is 0 Å². The number of carboxylic acid groups (broad SMARTS) is 2. The molecule has 0 aromatic rings. The van der Waals surface area contributed by atoms with Gasteiger partial charge in [-0.25, -0.2) is 0 Å². The molecule has 0 atom stereocenters. The third-order valence-corrected chi connectivity index (χ3v) is 1.39. The summed E-state index contributed by atoms with van der Waals surface area (Å²) in [5, 5.41) is 20.3. The van der Waals surface area contributed by atoms with E-state index in [1.54, 1.807) is 0 Å². The zero-order chi connectivity index (χ0) is 10.4. The van der Waals surface area contributed by atoms with Crippen molar-refractivity contribution in [2.45, 2.75) is 20.3 Å². The van der Waals surface area contributed by atoms with Crippen LogP contribution in [0.1, 0.15) is 20.3 Å². The van der Waals surface area contributed by atoms with E-state index in [1.807, 2.05) is 13.8 Å². The average Bonchev–Trinajstić information content (AvgIpc) is 2.56. The van der Waals surface area contributed by atoms with Gasteiger partial charge in [0.15, 0.2) is 0 Å². The zero-order valence-electron chi connectivity index (χ0n) is 7.49. The lowest BCUT2D eigenvalue weighted by atomic mass is 10.1. The maximum Gasteiger partial charge on any atom is 0.0678 e. The third kappa shape index (κ3) is 3.11. The van der Waals surface area contributed by atoms with Crippen molar-refractivity contribution >= 4 is 11.9 Å². The Morgan fingerprint density at radius 2 is 1.38 bits per heavy atom. The first-order valence-electron chi connectivity index (χ1n) is 3.93. The van der Waals surface area contributed by atoms with Crippen molar-refractivity contribution in [3.8, 4) is 0 Å². The lowest BCUT2D eigenvalue weighted by Gasteiger charge is -2.05. The second kappa shape index (κ2) is 5.13. The van der Waals surface area contributed by atoms with E-state index >= 15 is 0 Å². The minimum Gasteiger partial charge on any atom is -0.545 e. The van der Waals surface area contributed by atoms with Crippen LogP contribution < -0.4 is 10.2 Å². The van der Waals surface area contributed by atoms with E-state index in [0.717, 1.165) is 0 Å². The van der Waals surface area contributed by atoms with Gasteiger partial charge < -0.3 is 19.8 Å². The minimum atomic E-state index is -1.34. The lowest BCUT2D eigenvalue weighted by molar-refractivity contribution is -0.299. The normalized spacial score (nSPS) is 13.7. The molecule has 0 saturated heterocycles. The van der Waals surface area contributed by atoms with Crippen LogP contribution in [0, 0.1) is 0 Å². The van der Waals surface area contributed by atoms with E-state index in [4.69, 9.17) is 0 Å². The lowest BCUT2D eigenvalue weighted by Crippen LogP contribution is -2.27. The Kier molecular flexibility index (Phi) is 4.51. The van der Waals surface area contributed by atoms with Gasteiger partial charge in [-0.2, -0.15) is 0 Å². The molecule has 4 nitrogen and oxygen atoms in total. The number of hydrogen-bond acceptors (Lipinski definition) is 4. The molecule has 0 unspecified atom stereocenters. The molecule has 0 aliphatic heterocycles. The molecule has 0 saturated carbocycles. The highest BCUT2D eigenvalue weighted by Gasteiger charge is 2.08. The average molecular weight is 182 g/mol. The smallest absolute Gasteiger partial charge is 0.0678 e. The Labute approximate surface area is 76.2 Å². The van der Waals surface area contributed by atoms with Gasteiger partial charge in [0.2, 0.25) is 0 Å². The molecule has 0 bridgehead atoms. The van der Waals surface area contributed by atoms with Gasteiger partial charge in [-0.1, -0.05) is 26.0 Å². The van der Waals surface area contributed by atoms with Gasteiger partial charge >= 0.3 is 0 Å². The van der Waals surface area contributed by atoms with Gasteiger partial charge in [-0.05, 0) is 11.1 Å². The first-order chi connectivity index (χ1) is 6.11. The molecule has 1 aliphatic rings. The predicted octanol–water partition coefficient (Wildman–Crippen LogP) is -1.23. The van der Waals surface area contributed by atoms with E-state index in [-0.39, 0.29) is 17.6 Å². The van der Waals surface area contributed by atoms with E-state index in [0.29, 0.717) is 0 Å². The molecule has 0 aromatic heterocycles. The van der Waals surface area contributed by atoms with Crippen LogP contribution in [0.25, 0.3) is 0 Å². The summed E-state index contributed by atoms with van der Waals surface area (Å²) in [6.45, 7) is 4.00. The number of carbonyl (C=O) groups excluding carboxylic acids is 2. The number of rotatable bonds is 2. The summed E-state index contributed by atoms with van der Waals surface area (Å²) in [5.41, 5.74) is -0.0478. The monoisotopic (exact) mass is 182 g/mol. The topological polar surface area (TPSA) is 80.3 Å². The molecule has 0 spiro atoms. The molecule has 0 radical (unpaired) electrons. The Balaban J connectivity index is 0.000000671. The van der Waals surface area contributed by atoms with Gasteiger partial charge in [0.05, 0.1) is 11.9 Å². The number of aliphatic carboxylic acids is 2. The number of allylic oxidation sites excluding steroid dienone is 2. The molecule has 0 aromatic carbocycles. The Bertz CT molecular complexity index is 245. The van der Waals surface area contributed by atoms with Crippen LogP contribution in [0.5, 0.6) is 0 Å². The first kappa shape index (κ1) is 11.4. The molecular formula is C9H10O4-2.